The second-order valence-corrected chi connectivity index (χ2v) is 2.72. The van der Waals surface area contributed by atoms with Crippen LogP contribution in [0.15, 0.2) is 18.7 Å². The van der Waals surface area contributed by atoms with Crippen LogP contribution in [-0.4, -0.2) is 22.1 Å². The third kappa shape index (κ3) is 2.72. The first kappa shape index (κ1) is 8.27. The van der Waals surface area contributed by atoms with Gasteiger partial charge in [-0.15, -0.1) is 0 Å². The van der Waals surface area contributed by atoms with E-state index in [1.54, 1.807) is 6.20 Å². The van der Waals surface area contributed by atoms with Gasteiger partial charge >= 0.3 is 0 Å². The predicted molar refractivity (Wildman–Crippen MR) is 45.4 cm³/mol. The van der Waals surface area contributed by atoms with Gasteiger partial charge in [0.1, 0.15) is 0 Å². The summed E-state index contributed by atoms with van der Waals surface area (Å²) >= 11 is 0. The predicted octanol–water partition coefficient (Wildman–Crippen LogP) is 0.881. The van der Waals surface area contributed by atoms with Crippen LogP contribution in [0.1, 0.15) is 13.8 Å². The van der Waals surface area contributed by atoms with E-state index in [1.807, 2.05) is 12.5 Å². The van der Waals surface area contributed by atoms with Crippen LogP contribution in [0.4, 0.5) is 0 Å². The summed E-state index contributed by atoms with van der Waals surface area (Å²) in [4.78, 5) is 3.97. The molecule has 0 fully saturated rings. The fraction of sp³-hybridized carbons (Fsp3) is 0.625. The molecule has 62 valence electrons. The van der Waals surface area contributed by atoms with Crippen molar-refractivity contribution in [3.63, 3.8) is 0 Å². The molecule has 11 heavy (non-hydrogen) atoms. The van der Waals surface area contributed by atoms with Gasteiger partial charge in [-0.3, -0.25) is 0 Å². The number of nitrogens with one attached hydrogen (secondary N) is 1. The van der Waals surface area contributed by atoms with Crippen LogP contribution in [0, 0.1) is 0 Å². The van der Waals surface area contributed by atoms with Gasteiger partial charge in [0.05, 0.1) is 6.33 Å². The van der Waals surface area contributed by atoms with E-state index in [1.165, 1.54) is 0 Å². The van der Waals surface area contributed by atoms with Crippen molar-refractivity contribution >= 4 is 0 Å². The fourth-order valence-electron chi connectivity index (χ4n) is 1.12. The van der Waals surface area contributed by atoms with E-state index in [0.29, 0.717) is 6.04 Å². The Hall–Kier alpha value is -0.830. The molecule has 0 amide bonds. The summed E-state index contributed by atoms with van der Waals surface area (Å²) in [6.45, 7) is 6.30. The lowest BCUT2D eigenvalue weighted by Crippen LogP contribution is -2.29. The smallest absolute Gasteiger partial charge is 0.0946 e. The molecule has 1 aromatic rings. The average Bonchev–Trinajstić information content (AvgIpc) is 2.40. The minimum Gasteiger partial charge on any atom is -0.336 e. The highest BCUT2D eigenvalue weighted by Crippen LogP contribution is 1.90. The molecule has 1 heterocycles. The maximum Gasteiger partial charge on any atom is 0.0946 e. The van der Waals surface area contributed by atoms with Crippen molar-refractivity contribution in [2.24, 2.45) is 0 Å². The molecule has 3 heteroatoms. The minimum atomic E-state index is 0.522. The van der Waals surface area contributed by atoms with Crippen molar-refractivity contribution < 1.29 is 0 Å². The van der Waals surface area contributed by atoms with Crippen LogP contribution >= 0.6 is 0 Å². The van der Waals surface area contributed by atoms with Crippen molar-refractivity contribution in [3.05, 3.63) is 18.7 Å². The van der Waals surface area contributed by atoms with Gasteiger partial charge in [0.2, 0.25) is 0 Å². The molecule has 1 atom stereocenters. The summed E-state index contributed by atoms with van der Waals surface area (Å²) in [7, 11) is 0. The highest BCUT2D eigenvalue weighted by Gasteiger charge is 1.98. The van der Waals surface area contributed by atoms with Gasteiger partial charge in [0, 0.05) is 25.0 Å². The molecule has 0 saturated heterocycles. The summed E-state index contributed by atoms with van der Waals surface area (Å²) in [5.74, 6) is 0. The van der Waals surface area contributed by atoms with Gasteiger partial charge < -0.3 is 9.88 Å². The Morgan fingerprint density at radius 3 is 3.00 bits per heavy atom. The monoisotopic (exact) mass is 153 g/mol. The Morgan fingerprint density at radius 2 is 2.45 bits per heavy atom. The van der Waals surface area contributed by atoms with E-state index in [4.69, 9.17) is 0 Å². The third-order valence-corrected chi connectivity index (χ3v) is 1.60. The molecule has 1 unspecified atom stereocenters. The molecule has 0 saturated carbocycles. The molecule has 0 radical (unpaired) electrons. The second kappa shape index (κ2) is 4.13. The van der Waals surface area contributed by atoms with E-state index in [9.17, 15) is 0 Å². The largest absolute Gasteiger partial charge is 0.336 e. The summed E-state index contributed by atoms with van der Waals surface area (Å²) in [6, 6.07) is 0.522. The first-order valence-corrected chi connectivity index (χ1v) is 4.02. The van der Waals surface area contributed by atoms with Crippen LogP contribution in [0.25, 0.3) is 0 Å². The Morgan fingerprint density at radius 1 is 1.64 bits per heavy atom. The lowest BCUT2D eigenvalue weighted by molar-refractivity contribution is 0.489. The zero-order chi connectivity index (χ0) is 8.10. The SMILES string of the molecule is CCNC(C)Cn1ccnc1. The molecule has 0 aliphatic carbocycles. The molecular formula is C8H15N3. The fourth-order valence-corrected chi connectivity index (χ4v) is 1.12. The zero-order valence-corrected chi connectivity index (χ0v) is 7.12. The second-order valence-electron chi connectivity index (χ2n) is 2.72. The van der Waals surface area contributed by atoms with Crippen LogP contribution in [0.3, 0.4) is 0 Å². The van der Waals surface area contributed by atoms with E-state index >= 15 is 0 Å². The van der Waals surface area contributed by atoms with Gasteiger partial charge in [-0.1, -0.05) is 6.92 Å². The Balaban J connectivity index is 2.31. The van der Waals surface area contributed by atoms with E-state index in [-0.39, 0.29) is 0 Å². The first-order valence-electron chi connectivity index (χ1n) is 4.02. The number of hydrogen-bond acceptors (Lipinski definition) is 2. The zero-order valence-electron chi connectivity index (χ0n) is 7.12. The maximum atomic E-state index is 3.97. The molecule has 1 N–H and O–H groups in total. The Bertz CT molecular complexity index is 181. The van der Waals surface area contributed by atoms with Crippen molar-refractivity contribution in [3.8, 4) is 0 Å². The Kier molecular flexibility index (Phi) is 3.11. The number of rotatable bonds is 4. The van der Waals surface area contributed by atoms with Crippen LogP contribution in [0.2, 0.25) is 0 Å². The number of nitrogens with zero attached hydrogens (tertiary/aromatic N) is 2. The highest BCUT2D eigenvalue weighted by molar-refractivity contribution is 4.76. The van der Waals surface area contributed by atoms with Crippen molar-refractivity contribution in [1.29, 1.82) is 0 Å². The topological polar surface area (TPSA) is 29.9 Å². The van der Waals surface area contributed by atoms with Crippen LogP contribution < -0.4 is 5.32 Å². The van der Waals surface area contributed by atoms with Crippen LogP contribution in [0.5, 0.6) is 0 Å². The number of aromatic nitrogens is 2. The molecule has 1 aromatic heterocycles. The van der Waals surface area contributed by atoms with E-state index < -0.39 is 0 Å². The van der Waals surface area contributed by atoms with Crippen molar-refractivity contribution in [2.45, 2.75) is 26.4 Å². The summed E-state index contributed by atoms with van der Waals surface area (Å²) < 4.78 is 2.08. The minimum absolute atomic E-state index is 0.522. The van der Waals surface area contributed by atoms with E-state index in [2.05, 4.69) is 28.7 Å². The Labute approximate surface area is 67.4 Å². The molecule has 0 bridgehead atoms. The lowest BCUT2D eigenvalue weighted by atomic mass is 10.3. The molecular weight excluding hydrogens is 138 g/mol. The summed E-state index contributed by atoms with van der Waals surface area (Å²) in [5, 5.41) is 3.34. The molecule has 0 aromatic carbocycles. The summed E-state index contributed by atoms with van der Waals surface area (Å²) in [5.41, 5.74) is 0. The first-order chi connectivity index (χ1) is 5.33. The average molecular weight is 153 g/mol. The quantitative estimate of drug-likeness (QED) is 0.696. The number of hydrogen-bond donors (Lipinski definition) is 1. The molecule has 0 aliphatic heterocycles. The maximum absolute atomic E-state index is 3.97. The van der Waals surface area contributed by atoms with Crippen molar-refractivity contribution in [2.75, 3.05) is 6.54 Å². The normalized spacial score (nSPS) is 13.3. The number of imidazole rings is 1. The van der Waals surface area contributed by atoms with Crippen molar-refractivity contribution in [1.82, 2.24) is 14.9 Å². The lowest BCUT2D eigenvalue weighted by Gasteiger charge is -2.11. The van der Waals surface area contributed by atoms with Gasteiger partial charge in [-0.2, -0.15) is 0 Å². The number of likely N-dealkylation sites (N-methyl/N-ethyl adjacent to an activating group) is 1. The van der Waals surface area contributed by atoms with Gasteiger partial charge in [0.15, 0.2) is 0 Å². The molecule has 3 nitrogen and oxygen atoms in total. The molecule has 0 aliphatic rings. The van der Waals surface area contributed by atoms with E-state index in [0.717, 1.165) is 13.1 Å². The standard InChI is InChI=1S/C8H15N3/c1-3-10-8(2)6-11-5-4-9-7-11/h4-5,7-8,10H,3,6H2,1-2H3. The van der Waals surface area contributed by atoms with Gasteiger partial charge in [-0.05, 0) is 13.5 Å². The van der Waals surface area contributed by atoms with Gasteiger partial charge in [0.25, 0.3) is 0 Å². The highest BCUT2D eigenvalue weighted by atomic mass is 15.1. The van der Waals surface area contributed by atoms with Crippen LogP contribution in [-0.2, 0) is 6.54 Å². The molecule has 0 spiro atoms. The summed E-state index contributed by atoms with van der Waals surface area (Å²) in [6.07, 6.45) is 5.63. The van der Waals surface area contributed by atoms with Gasteiger partial charge in [-0.25, -0.2) is 4.98 Å². The third-order valence-electron chi connectivity index (χ3n) is 1.60. The molecule has 1 rings (SSSR count).